The van der Waals surface area contributed by atoms with Crippen LogP contribution in [0.1, 0.15) is 130 Å². The molecule has 0 spiro atoms. The number of nitrogens with one attached hydrogen (secondary N) is 2. The van der Waals surface area contributed by atoms with Crippen LogP contribution < -0.4 is 30.2 Å². The quantitative estimate of drug-likeness (QED) is 0.0907. The summed E-state index contributed by atoms with van der Waals surface area (Å²) in [5.74, 6) is 0.895. The van der Waals surface area contributed by atoms with Crippen LogP contribution in [0.2, 0.25) is 0 Å². The van der Waals surface area contributed by atoms with Gasteiger partial charge in [0.05, 0.1) is 23.2 Å². The van der Waals surface area contributed by atoms with Crippen LogP contribution in [-0.2, 0) is 21.7 Å². The molecular formula is C139H108BeN6O3S+2. The number of aromatic amines is 1. The van der Waals surface area contributed by atoms with Gasteiger partial charge in [-0.05, 0) is 321 Å². The van der Waals surface area contributed by atoms with E-state index >= 15 is 0 Å². The van der Waals surface area contributed by atoms with E-state index in [1.165, 1.54) is 121 Å². The third kappa shape index (κ3) is 16.6. The maximum Gasteiger partial charge on any atom is 2.00 e. The van der Waals surface area contributed by atoms with Crippen LogP contribution in [0.15, 0.2) is 458 Å². The van der Waals surface area contributed by atoms with Crippen molar-refractivity contribution in [3.05, 3.63) is 505 Å². The van der Waals surface area contributed by atoms with Crippen molar-refractivity contribution in [3.8, 4) is 122 Å². The number of aromatic nitrogens is 2. The Morgan fingerprint density at radius 3 is 0.980 bits per heavy atom. The summed E-state index contributed by atoms with van der Waals surface area (Å²) in [6.45, 7) is 22.6. The molecule has 2 N–H and O–H groups in total. The average Bonchev–Trinajstić information content (AvgIpc) is 1.35. The fourth-order valence-electron chi connectivity index (χ4n) is 23.6. The molecule has 9 nitrogen and oxygen atoms in total. The molecule has 0 amide bonds. The number of para-hydroxylation sites is 2. The van der Waals surface area contributed by atoms with Gasteiger partial charge in [0.2, 0.25) is 5.71 Å². The summed E-state index contributed by atoms with van der Waals surface area (Å²) in [4.78, 5) is 7.43. The van der Waals surface area contributed by atoms with Crippen LogP contribution in [0, 0.1) is 6.92 Å². The van der Waals surface area contributed by atoms with Crippen LogP contribution in [0.4, 0.5) is 34.1 Å². The molecule has 5 aliphatic rings. The Labute approximate surface area is 888 Å². The van der Waals surface area contributed by atoms with Crippen molar-refractivity contribution in [1.29, 1.82) is 0 Å². The molecule has 0 saturated carbocycles. The van der Waals surface area contributed by atoms with E-state index in [0.29, 0.717) is 28.1 Å². The molecule has 11 heteroatoms. The molecule has 28 rings (SSSR count). The van der Waals surface area contributed by atoms with E-state index in [1.54, 1.807) is 37.3 Å². The maximum atomic E-state index is 11.4. The zero-order valence-corrected chi connectivity index (χ0v) is 86.1. The van der Waals surface area contributed by atoms with E-state index in [2.05, 4.69) is 437 Å². The fraction of sp³-hybridized carbons (Fsp3) is 0.108. The van der Waals surface area contributed by atoms with Crippen LogP contribution in [-0.4, -0.2) is 26.6 Å². The van der Waals surface area contributed by atoms with Gasteiger partial charge in [-0.2, -0.15) is 0 Å². The van der Waals surface area contributed by atoms with E-state index in [-0.39, 0.29) is 67.4 Å². The van der Waals surface area contributed by atoms with Gasteiger partial charge in [-0.25, -0.2) is 0 Å². The van der Waals surface area contributed by atoms with Gasteiger partial charge < -0.3 is 24.4 Å². The van der Waals surface area contributed by atoms with Crippen molar-refractivity contribution in [1.82, 2.24) is 5.10 Å². The number of hydrogen-bond donors (Lipinski definition) is 1. The predicted octanol–water partition coefficient (Wildman–Crippen LogP) is 33.3. The molecule has 0 unspecified atom stereocenters. The number of rotatable bonds is 13. The molecule has 2 aromatic heterocycles. The van der Waals surface area contributed by atoms with Gasteiger partial charge in [0.15, 0.2) is 0 Å². The summed E-state index contributed by atoms with van der Waals surface area (Å²) in [6, 6.07) is 151. The van der Waals surface area contributed by atoms with Crippen molar-refractivity contribution in [3.63, 3.8) is 0 Å². The third-order valence-electron chi connectivity index (χ3n) is 31.4. The number of anilines is 6. The first-order valence-electron chi connectivity index (χ1n) is 53.1. The molecule has 0 fully saturated rings. The predicted molar refractivity (Wildman–Crippen MR) is 622 cm³/mol. The van der Waals surface area contributed by atoms with Gasteiger partial charge in [-0.3, -0.25) is 0 Å². The summed E-state index contributed by atoms with van der Waals surface area (Å²) in [5, 5.41) is 45.7. The molecule has 3 heterocycles. The first-order chi connectivity index (χ1) is 74.2. The SMILES string of the molecule is CC1(C)c2ccccc2-c2ccc(N(c3ccc(-c4ccc(-c5ccc(N(c6ccc7c(c6)C(C)(C)c6ccccc6-7)c6ccc7c(c6)C(C)(C)c6ccccc6-7)cc5)s4)cc3)c3ccc4c(c3)C(C)(C)c3ccccc3-4)cc21.CC1=N[NH+]=C(c2ccccc2[O-])C1.Cc1n[nH+]c(-c2ccccc2[O-])o1.[2H]c1c([2H])c([2H])c2c(-c3ccc4ccccc4c3)c3cc(-c4ccc5ccccc5c4)ccc3c(-c3ccc4ccccc4c3)c2c1[2H].[Be+2]. The second-order valence-electron chi connectivity index (χ2n) is 41.8. The van der Waals surface area contributed by atoms with Crippen LogP contribution in [0.25, 0.3) is 164 Å². The third-order valence-corrected chi connectivity index (χ3v) is 32.5. The fourth-order valence-corrected chi connectivity index (χ4v) is 24.7. The Kier molecular flexibility index (Phi) is 22.7. The molecule has 0 atom stereocenters. The van der Waals surface area contributed by atoms with Crippen molar-refractivity contribution in [2.75, 3.05) is 9.80 Å². The zero-order chi connectivity index (χ0) is 105. The van der Waals surface area contributed by atoms with Gasteiger partial charge >= 0.3 is 16.0 Å². The Morgan fingerprint density at radius 2 is 0.607 bits per heavy atom. The van der Waals surface area contributed by atoms with Gasteiger partial charge in [0.1, 0.15) is 0 Å². The number of thiophene rings is 1. The molecule has 21 aromatic carbocycles. The van der Waals surface area contributed by atoms with Gasteiger partial charge in [0.25, 0.3) is 5.89 Å². The van der Waals surface area contributed by atoms with E-state index in [0.717, 1.165) is 129 Å². The van der Waals surface area contributed by atoms with Gasteiger partial charge in [0, 0.05) is 83.1 Å². The van der Waals surface area contributed by atoms with Crippen molar-refractivity contribution >= 4 is 121 Å². The second-order valence-corrected chi connectivity index (χ2v) is 42.8. The van der Waals surface area contributed by atoms with Gasteiger partial charge in [-0.15, -0.1) is 16.4 Å². The molecule has 0 bridgehead atoms. The zero-order valence-electron chi connectivity index (χ0n) is 89.3. The minimum absolute atomic E-state index is 0. The van der Waals surface area contributed by atoms with Crippen LogP contribution >= 0.6 is 11.3 Å². The first kappa shape index (κ1) is 90.0. The number of benzene rings is 21. The van der Waals surface area contributed by atoms with Crippen molar-refractivity contribution in [2.45, 2.75) is 97.3 Å². The molecule has 23 aromatic rings. The number of H-pyrrole nitrogens is 1. The Hall–Kier alpha value is -17.5. The molecule has 150 heavy (non-hydrogen) atoms. The summed E-state index contributed by atoms with van der Waals surface area (Å²) in [7, 11) is 0. The van der Waals surface area contributed by atoms with E-state index in [9.17, 15) is 13.0 Å². The summed E-state index contributed by atoms with van der Waals surface area (Å²) >= 11 is 1.85. The van der Waals surface area contributed by atoms with Gasteiger partial charge in [-0.1, -0.05) is 399 Å². The smallest absolute Gasteiger partial charge is 0.872 e. The monoisotopic (exact) mass is 1950 g/mol. The largest absolute Gasteiger partial charge is 2.00 e. The van der Waals surface area contributed by atoms with Crippen LogP contribution in [0.3, 0.4) is 0 Å². The van der Waals surface area contributed by atoms with E-state index in [4.69, 9.17) is 7.16 Å². The van der Waals surface area contributed by atoms with Crippen molar-refractivity contribution < 1.29 is 30.3 Å². The molecule has 0 radical (unpaired) electrons. The normalized spacial score (nSPS) is 14.2. The summed E-state index contributed by atoms with van der Waals surface area (Å²) < 4.78 is 41.4. The van der Waals surface area contributed by atoms with E-state index < -0.39 is 0 Å². The van der Waals surface area contributed by atoms with E-state index in [1.807, 2.05) is 54.7 Å². The summed E-state index contributed by atoms with van der Waals surface area (Å²) in [5.41, 5.74) is 39.3. The average molecular weight is 1960 g/mol. The number of nitrogens with zero attached hydrogens (tertiary/aromatic N) is 4. The second kappa shape index (κ2) is 37.8. The summed E-state index contributed by atoms with van der Waals surface area (Å²) in [6.07, 6.45) is 0.749. The minimum atomic E-state index is -0.232. The number of aryl methyl sites for hydroxylation is 1. The maximum absolute atomic E-state index is 11.4. The Balaban J connectivity index is 0.000000139. The number of fused-ring (bicyclic) bond motifs is 17. The molecule has 718 valence electrons. The topological polar surface area (TPSA) is 119 Å². The number of hydrazone groups is 1. The standard InChI is InChI=1S/C76H62N2S.C44H28.C10H10N2O.C9H8N2O2.Be/c1-73(2)63-21-13-9-17-55(63)59-37-33-51(43-67(59)73)77(52-34-38-60-56-18-10-14-22-64(56)74(3,4)68(60)44-52)49-29-25-47(26-30-49)71-41-42-72(79-71)48-27-31-50(32-28-48)78(53-35-39-61-57-19-11-15-23-65(57)75(5,6)69(61)45-53)54-36-40-62-58-20-12-16-24-66(58)76(7,8)70(62)46-54;1-4-12-32-25-35(20-17-29(32)9-1)36-23-24-41-42(28-36)44(38-22-19-31-11-3-6-14-34(31)27-38)40-16-8-7-15-39(40)43(41)37-21-18-30-10-2-5-13-33(30)26-37;1-7-6-9(12-11-7)8-4-2-3-5-10(8)13;1-6-10-11-9(13-6)7-4-2-3-5-8(7)12;/h9-46H,1-8H3;1-28H;2-5,13H,6H2,1H3;2-5,12H,1H3;/q;;;;+2/i;7D,8D,15D,16D;;;. The first-order valence-corrected chi connectivity index (χ1v) is 51.9. The van der Waals surface area contributed by atoms with Crippen LogP contribution in [0.5, 0.6) is 11.5 Å². The molecule has 4 aliphatic carbocycles. The minimum Gasteiger partial charge on any atom is -0.872 e. The van der Waals surface area contributed by atoms with Crippen molar-refractivity contribution in [2.24, 2.45) is 5.10 Å². The molecule has 1 aliphatic heterocycles. The Morgan fingerprint density at radius 1 is 0.293 bits per heavy atom. The number of hydrogen-bond acceptors (Lipinski definition) is 8. The Bertz CT molecular complexity index is 9190. The molecule has 0 saturated heterocycles. The molecular weight excluding hydrogens is 1840 g/mol.